The number of rotatable bonds is 9. The van der Waals surface area contributed by atoms with Crippen molar-refractivity contribution in [1.82, 2.24) is 15.0 Å². The predicted molar refractivity (Wildman–Crippen MR) is 140 cm³/mol. The maximum atomic E-state index is 13.0. The Hall–Kier alpha value is -4.21. The third-order valence-corrected chi connectivity index (χ3v) is 5.42. The van der Waals surface area contributed by atoms with Gasteiger partial charge in [-0.25, -0.2) is 14.8 Å². The van der Waals surface area contributed by atoms with Crippen LogP contribution in [0.5, 0.6) is 0 Å². The van der Waals surface area contributed by atoms with Gasteiger partial charge >= 0.3 is 6.09 Å². The first-order valence-electron chi connectivity index (χ1n) is 11.2. The van der Waals surface area contributed by atoms with E-state index in [-0.39, 0.29) is 25.6 Å². The van der Waals surface area contributed by atoms with Crippen molar-refractivity contribution in [2.24, 2.45) is 0 Å². The van der Waals surface area contributed by atoms with Gasteiger partial charge in [0.15, 0.2) is 0 Å². The number of hydrogen-bond acceptors (Lipinski definition) is 8. The monoisotopic (exact) mass is 504 g/mol. The molecule has 0 aliphatic heterocycles. The van der Waals surface area contributed by atoms with Gasteiger partial charge in [-0.05, 0) is 36.2 Å². The highest BCUT2D eigenvalue weighted by atomic mass is 35.5. The molecule has 2 aromatic heterocycles. The van der Waals surface area contributed by atoms with Gasteiger partial charge in [-0.1, -0.05) is 48.0 Å². The van der Waals surface area contributed by atoms with Gasteiger partial charge in [-0.3, -0.25) is 9.88 Å². The van der Waals surface area contributed by atoms with E-state index in [0.29, 0.717) is 34.2 Å². The van der Waals surface area contributed by atoms with Crippen molar-refractivity contribution in [3.63, 3.8) is 0 Å². The van der Waals surface area contributed by atoms with Crippen LogP contribution in [0.25, 0.3) is 11.3 Å². The number of amides is 1. The molecule has 0 unspecified atom stereocenters. The standard InChI is InChI=1S/C26H25ClN6O3/c27-19-8-4-9-20(12-19)31-24-16-29-15-23(32-24)22-13-21(14-30-25(22)28)33(10-5-11-34)26(35)36-17-18-6-2-1-3-7-18/h1-4,6-9,12-16,34H,5,10-11,17H2,(H2,28,30)(H,31,32). The Bertz CT molecular complexity index is 1320. The lowest BCUT2D eigenvalue weighted by molar-refractivity contribution is 0.146. The molecular formula is C26H25ClN6O3. The van der Waals surface area contributed by atoms with Gasteiger partial charge < -0.3 is 20.9 Å². The highest BCUT2D eigenvalue weighted by molar-refractivity contribution is 6.30. The van der Waals surface area contributed by atoms with Crippen molar-refractivity contribution < 1.29 is 14.6 Å². The molecule has 1 amide bonds. The molecule has 9 nitrogen and oxygen atoms in total. The minimum absolute atomic E-state index is 0.0829. The van der Waals surface area contributed by atoms with Crippen LogP contribution in [0, 0.1) is 0 Å². The number of carbonyl (C=O) groups is 1. The first-order chi connectivity index (χ1) is 17.5. The van der Waals surface area contributed by atoms with E-state index in [1.165, 1.54) is 11.1 Å². The molecule has 4 aromatic rings. The van der Waals surface area contributed by atoms with Gasteiger partial charge in [0.1, 0.15) is 18.2 Å². The van der Waals surface area contributed by atoms with E-state index in [0.717, 1.165) is 11.3 Å². The normalized spacial score (nSPS) is 10.6. The van der Waals surface area contributed by atoms with E-state index in [9.17, 15) is 9.90 Å². The van der Waals surface area contributed by atoms with E-state index in [1.54, 1.807) is 30.6 Å². The summed E-state index contributed by atoms with van der Waals surface area (Å²) >= 11 is 6.07. The Morgan fingerprint density at radius 2 is 1.92 bits per heavy atom. The van der Waals surface area contributed by atoms with Crippen molar-refractivity contribution in [2.45, 2.75) is 13.0 Å². The zero-order chi connectivity index (χ0) is 25.3. The van der Waals surface area contributed by atoms with Gasteiger partial charge in [0.05, 0.1) is 30.0 Å². The number of benzene rings is 2. The summed E-state index contributed by atoms with van der Waals surface area (Å²) in [6.45, 7) is 0.269. The average Bonchev–Trinajstić information content (AvgIpc) is 2.89. The van der Waals surface area contributed by atoms with Crippen LogP contribution in [0.15, 0.2) is 79.3 Å². The van der Waals surface area contributed by atoms with Crippen LogP contribution >= 0.6 is 11.6 Å². The molecular weight excluding hydrogens is 480 g/mol. The fraction of sp³-hybridized carbons (Fsp3) is 0.154. The van der Waals surface area contributed by atoms with Crippen LogP contribution in [0.2, 0.25) is 5.02 Å². The molecule has 0 spiro atoms. The predicted octanol–water partition coefficient (Wildman–Crippen LogP) is 5.04. The molecule has 0 atom stereocenters. The molecule has 0 aliphatic rings. The molecule has 2 aromatic carbocycles. The number of hydrogen-bond donors (Lipinski definition) is 3. The van der Waals surface area contributed by atoms with Crippen molar-refractivity contribution in [1.29, 1.82) is 0 Å². The molecule has 4 rings (SSSR count). The molecule has 184 valence electrons. The maximum Gasteiger partial charge on any atom is 0.414 e. The number of nitrogens with one attached hydrogen (secondary N) is 1. The maximum absolute atomic E-state index is 13.0. The number of anilines is 4. The number of nitrogens with zero attached hydrogens (tertiary/aromatic N) is 4. The van der Waals surface area contributed by atoms with E-state index in [1.807, 2.05) is 42.5 Å². The number of aliphatic hydroxyl groups is 1. The Morgan fingerprint density at radius 3 is 2.69 bits per heavy atom. The Kier molecular flexibility index (Phi) is 8.28. The molecule has 4 N–H and O–H groups in total. The van der Waals surface area contributed by atoms with Gasteiger partial charge in [0.2, 0.25) is 0 Å². The third kappa shape index (κ3) is 6.47. The van der Waals surface area contributed by atoms with Crippen molar-refractivity contribution in [3.05, 3.63) is 89.8 Å². The summed E-state index contributed by atoms with van der Waals surface area (Å²) in [5, 5.41) is 13.1. The second-order valence-electron chi connectivity index (χ2n) is 7.82. The molecule has 0 aliphatic carbocycles. The first kappa shape index (κ1) is 24.9. The second-order valence-corrected chi connectivity index (χ2v) is 8.26. The number of halogens is 1. The molecule has 36 heavy (non-hydrogen) atoms. The zero-order valence-electron chi connectivity index (χ0n) is 19.3. The van der Waals surface area contributed by atoms with E-state index >= 15 is 0 Å². The Labute approximate surface area is 213 Å². The van der Waals surface area contributed by atoms with Crippen LogP contribution in [-0.2, 0) is 11.3 Å². The SMILES string of the molecule is Nc1ncc(N(CCCO)C(=O)OCc2ccccc2)cc1-c1cncc(Nc2cccc(Cl)c2)n1. The quantitative estimate of drug-likeness (QED) is 0.289. The Balaban J connectivity index is 1.58. The third-order valence-electron chi connectivity index (χ3n) is 5.19. The van der Waals surface area contributed by atoms with Crippen LogP contribution in [0.3, 0.4) is 0 Å². The van der Waals surface area contributed by atoms with Gasteiger partial charge in [0.25, 0.3) is 0 Å². The summed E-state index contributed by atoms with van der Waals surface area (Å²) in [5.74, 6) is 0.715. The lowest BCUT2D eigenvalue weighted by atomic mass is 10.1. The lowest BCUT2D eigenvalue weighted by Crippen LogP contribution is -2.33. The van der Waals surface area contributed by atoms with E-state index in [4.69, 9.17) is 22.1 Å². The number of nitrogen functional groups attached to an aromatic ring is 1. The molecule has 10 heteroatoms. The summed E-state index contributed by atoms with van der Waals surface area (Å²) in [4.78, 5) is 27.5. The van der Waals surface area contributed by atoms with Crippen LogP contribution in [0.4, 0.5) is 27.8 Å². The van der Waals surface area contributed by atoms with Crippen molar-refractivity contribution >= 4 is 40.7 Å². The van der Waals surface area contributed by atoms with E-state index < -0.39 is 6.09 Å². The lowest BCUT2D eigenvalue weighted by Gasteiger charge is -2.22. The van der Waals surface area contributed by atoms with Gasteiger partial charge in [-0.15, -0.1) is 0 Å². The molecule has 0 saturated heterocycles. The Morgan fingerprint density at radius 1 is 1.08 bits per heavy atom. The fourth-order valence-electron chi connectivity index (χ4n) is 3.44. The molecule has 0 radical (unpaired) electrons. The van der Waals surface area contributed by atoms with Crippen molar-refractivity contribution in [3.8, 4) is 11.3 Å². The molecule has 0 saturated carbocycles. The first-order valence-corrected chi connectivity index (χ1v) is 11.6. The van der Waals surface area contributed by atoms with Gasteiger partial charge in [-0.2, -0.15) is 0 Å². The number of ether oxygens (including phenoxy) is 1. The average molecular weight is 505 g/mol. The summed E-state index contributed by atoms with van der Waals surface area (Å²) in [6.07, 6.45) is 4.42. The minimum atomic E-state index is -0.563. The summed E-state index contributed by atoms with van der Waals surface area (Å²) in [7, 11) is 0. The summed E-state index contributed by atoms with van der Waals surface area (Å²) in [6, 6.07) is 18.3. The fourth-order valence-corrected chi connectivity index (χ4v) is 3.63. The number of aromatic nitrogens is 3. The minimum Gasteiger partial charge on any atom is -0.444 e. The molecule has 2 heterocycles. The molecule has 0 fully saturated rings. The number of pyridine rings is 1. The highest BCUT2D eigenvalue weighted by Crippen LogP contribution is 2.29. The topological polar surface area (TPSA) is 126 Å². The van der Waals surface area contributed by atoms with E-state index in [2.05, 4.69) is 20.3 Å². The number of aliphatic hydroxyl groups excluding tert-OH is 1. The zero-order valence-corrected chi connectivity index (χ0v) is 20.1. The summed E-state index contributed by atoms with van der Waals surface area (Å²) in [5.41, 5.74) is 9.21. The number of nitrogens with two attached hydrogens (primary N) is 1. The van der Waals surface area contributed by atoms with Gasteiger partial charge in [0, 0.05) is 29.4 Å². The number of carbonyl (C=O) groups excluding carboxylic acids is 1. The van der Waals surface area contributed by atoms with Crippen LogP contribution < -0.4 is 16.0 Å². The summed E-state index contributed by atoms with van der Waals surface area (Å²) < 4.78 is 5.51. The van der Waals surface area contributed by atoms with Crippen LogP contribution in [-0.4, -0.2) is 39.3 Å². The molecule has 0 bridgehead atoms. The smallest absolute Gasteiger partial charge is 0.414 e. The van der Waals surface area contributed by atoms with Crippen molar-refractivity contribution in [2.75, 3.05) is 29.1 Å². The largest absolute Gasteiger partial charge is 0.444 e. The van der Waals surface area contributed by atoms with Crippen LogP contribution in [0.1, 0.15) is 12.0 Å². The highest BCUT2D eigenvalue weighted by Gasteiger charge is 2.20. The second kappa shape index (κ2) is 12.0.